The summed E-state index contributed by atoms with van der Waals surface area (Å²) in [6, 6.07) is 8.63. The lowest BCUT2D eigenvalue weighted by atomic mass is 10.0. The number of hydrogen-bond donors (Lipinski definition) is 0. The highest BCUT2D eigenvalue weighted by atomic mass is 32.2. The van der Waals surface area contributed by atoms with Gasteiger partial charge >= 0.3 is 0 Å². The molecule has 16 heavy (non-hydrogen) atoms. The van der Waals surface area contributed by atoms with Crippen LogP contribution >= 0.6 is 11.8 Å². The Morgan fingerprint density at radius 2 is 2.25 bits per heavy atom. The standard InChI is InChI=1S/C15H16S/c1-3-4-7-12(2)10-13-11-16-15-9-6-5-8-14(13)15/h3,5-10H,1,4,11H2,2H3/b12-7-,13-10+. The molecule has 0 aromatic heterocycles. The summed E-state index contributed by atoms with van der Waals surface area (Å²) in [5.41, 5.74) is 4.17. The van der Waals surface area contributed by atoms with Crippen LogP contribution in [0.2, 0.25) is 0 Å². The van der Waals surface area contributed by atoms with E-state index in [2.05, 4.69) is 49.9 Å². The van der Waals surface area contributed by atoms with E-state index in [1.165, 1.54) is 21.6 Å². The highest BCUT2D eigenvalue weighted by molar-refractivity contribution is 8.00. The van der Waals surface area contributed by atoms with E-state index in [9.17, 15) is 0 Å². The third-order valence-corrected chi connectivity index (χ3v) is 3.75. The molecule has 0 saturated carbocycles. The fraction of sp³-hybridized carbons (Fsp3) is 0.200. The highest BCUT2D eigenvalue weighted by Crippen LogP contribution is 2.38. The van der Waals surface area contributed by atoms with Gasteiger partial charge in [-0.3, -0.25) is 0 Å². The molecule has 1 aliphatic heterocycles. The van der Waals surface area contributed by atoms with Crippen molar-refractivity contribution in [1.82, 2.24) is 0 Å². The number of hydrogen-bond acceptors (Lipinski definition) is 1. The quantitative estimate of drug-likeness (QED) is 0.676. The Kier molecular flexibility index (Phi) is 3.68. The van der Waals surface area contributed by atoms with Gasteiger partial charge in [-0.15, -0.1) is 18.3 Å². The maximum absolute atomic E-state index is 3.73. The van der Waals surface area contributed by atoms with Crippen LogP contribution in [0.1, 0.15) is 18.9 Å². The molecule has 1 heterocycles. The molecule has 82 valence electrons. The number of fused-ring (bicyclic) bond motifs is 1. The molecule has 2 rings (SSSR count). The minimum absolute atomic E-state index is 0.949. The van der Waals surface area contributed by atoms with Crippen molar-refractivity contribution in [3.8, 4) is 0 Å². The summed E-state index contributed by atoms with van der Waals surface area (Å²) in [6.07, 6.45) is 7.39. The lowest BCUT2D eigenvalue weighted by molar-refractivity contribution is 1.33. The predicted molar refractivity (Wildman–Crippen MR) is 73.7 cm³/mol. The molecule has 0 bridgehead atoms. The van der Waals surface area contributed by atoms with Crippen molar-refractivity contribution < 1.29 is 0 Å². The smallest absolute Gasteiger partial charge is 0.0238 e. The van der Waals surface area contributed by atoms with E-state index in [-0.39, 0.29) is 0 Å². The number of allylic oxidation sites excluding steroid dienone is 4. The summed E-state index contributed by atoms with van der Waals surface area (Å²) in [7, 11) is 0. The summed E-state index contributed by atoms with van der Waals surface area (Å²) < 4.78 is 0. The highest BCUT2D eigenvalue weighted by Gasteiger charge is 2.15. The maximum atomic E-state index is 3.73. The van der Waals surface area contributed by atoms with E-state index in [0.717, 1.165) is 12.2 Å². The van der Waals surface area contributed by atoms with Crippen LogP contribution in [0.4, 0.5) is 0 Å². The minimum Gasteiger partial charge on any atom is -0.121 e. The molecule has 0 unspecified atom stereocenters. The molecular weight excluding hydrogens is 212 g/mol. The Labute approximate surface area is 102 Å². The van der Waals surface area contributed by atoms with Crippen molar-refractivity contribution in [2.24, 2.45) is 0 Å². The summed E-state index contributed by atoms with van der Waals surface area (Å²) in [5.74, 6) is 1.10. The zero-order chi connectivity index (χ0) is 11.4. The average molecular weight is 228 g/mol. The Bertz CT molecular complexity index is 452. The molecule has 1 aromatic carbocycles. The van der Waals surface area contributed by atoms with Gasteiger partial charge in [0, 0.05) is 10.6 Å². The lowest BCUT2D eigenvalue weighted by Gasteiger charge is -1.99. The van der Waals surface area contributed by atoms with Crippen LogP contribution in [0.25, 0.3) is 5.57 Å². The molecule has 0 spiro atoms. The molecule has 0 radical (unpaired) electrons. The minimum atomic E-state index is 0.949. The second-order valence-corrected chi connectivity index (χ2v) is 4.94. The van der Waals surface area contributed by atoms with Crippen molar-refractivity contribution in [2.75, 3.05) is 5.75 Å². The fourth-order valence-electron chi connectivity index (χ4n) is 1.81. The molecule has 0 aliphatic carbocycles. The van der Waals surface area contributed by atoms with Crippen LogP contribution in [0.3, 0.4) is 0 Å². The van der Waals surface area contributed by atoms with Gasteiger partial charge in [0.1, 0.15) is 0 Å². The molecule has 1 aliphatic rings. The van der Waals surface area contributed by atoms with Crippen LogP contribution in [0.15, 0.2) is 59.5 Å². The Hall–Kier alpha value is -1.21. The topological polar surface area (TPSA) is 0 Å². The molecular formula is C15H16S. The van der Waals surface area contributed by atoms with Gasteiger partial charge in [0.2, 0.25) is 0 Å². The maximum Gasteiger partial charge on any atom is 0.0238 e. The number of benzene rings is 1. The number of rotatable bonds is 3. The Morgan fingerprint density at radius 1 is 1.44 bits per heavy atom. The first kappa shape index (κ1) is 11.3. The second kappa shape index (κ2) is 5.22. The zero-order valence-corrected chi connectivity index (χ0v) is 10.4. The molecule has 1 heteroatoms. The fourth-order valence-corrected chi connectivity index (χ4v) is 2.89. The van der Waals surface area contributed by atoms with E-state index in [4.69, 9.17) is 0 Å². The normalized spacial score (nSPS) is 17.6. The molecule has 0 nitrogen and oxygen atoms in total. The monoisotopic (exact) mass is 228 g/mol. The summed E-state index contributed by atoms with van der Waals surface area (Å²) in [6.45, 7) is 5.89. The SMILES string of the molecule is C=CC/C=C(C)\C=C1/CSc2ccccc21. The molecule has 0 fully saturated rings. The van der Waals surface area contributed by atoms with Gasteiger partial charge in [0.15, 0.2) is 0 Å². The van der Waals surface area contributed by atoms with Crippen LogP contribution in [0.5, 0.6) is 0 Å². The molecule has 0 atom stereocenters. The third-order valence-electron chi connectivity index (χ3n) is 2.62. The van der Waals surface area contributed by atoms with E-state index in [1.807, 2.05) is 17.8 Å². The summed E-state index contributed by atoms with van der Waals surface area (Å²) in [5, 5.41) is 0. The van der Waals surface area contributed by atoms with Crippen LogP contribution in [-0.2, 0) is 0 Å². The van der Waals surface area contributed by atoms with Crippen LogP contribution in [-0.4, -0.2) is 5.75 Å². The van der Waals surface area contributed by atoms with E-state index in [1.54, 1.807) is 0 Å². The lowest BCUT2D eigenvalue weighted by Crippen LogP contribution is -1.81. The van der Waals surface area contributed by atoms with Gasteiger partial charge in [-0.1, -0.05) is 42.0 Å². The van der Waals surface area contributed by atoms with Gasteiger partial charge in [0.05, 0.1) is 0 Å². The first-order chi connectivity index (χ1) is 7.81. The predicted octanol–water partition coefficient (Wildman–Crippen LogP) is 4.70. The van der Waals surface area contributed by atoms with E-state index < -0.39 is 0 Å². The summed E-state index contributed by atoms with van der Waals surface area (Å²) in [4.78, 5) is 1.41. The van der Waals surface area contributed by atoms with Crippen molar-refractivity contribution in [3.05, 3.63) is 60.2 Å². The molecule has 0 N–H and O–H groups in total. The average Bonchev–Trinajstić information content (AvgIpc) is 2.70. The third kappa shape index (κ3) is 2.48. The van der Waals surface area contributed by atoms with Gasteiger partial charge in [0.25, 0.3) is 0 Å². The van der Waals surface area contributed by atoms with E-state index >= 15 is 0 Å². The Morgan fingerprint density at radius 3 is 3.06 bits per heavy atom. The van der Waals surface area contributed by atoms with Gasteiger partial charge in [-0.05, 0) is 30.5 Å². The van der Waals surface area contributed by atoms with Crippen molar-refractivity contribution >= 4 is 17.3 Å². The van der Waals surface area contributed by atoms with Gasteiger partial charge in [-0.2, -0.15) is 0 Å². The second-order valence-electron chi connectivity index (χ2n) is 3.93. The van der Waals surface area contributed by atoms with Crippen LogP contribution in [0, 0.1) is 0 Å². The van der Waals surface area contributed by atoms with Crippen LogP contribution < -0.4 is 0 Å². The first-order valence-corrected chi connectivity index (χ1v) is 6.50. The zero-order valence-electron chi connectivity index (χ0n) is 9.57. The number of thioether (sulfide) groups is 1. The van der Waals surface area contributed by atoms with Crippen molar-refractivity contribution in [1.29, 1.82) is 0 Å². The van der Waals surface area contributed by atoms with Gasteiger partial charge in [-0.25, -0.2) is 0 Å². The van der Waals surface area contributed by atoms with Gasteiger partial charge < -0.3 is 0 Å². The van der Waals surface area contributed by atoms with E-state index in [0.29, 0.717) is 0 Å². The largest absolute Gasteiger partial charge is 0.121 e. The Balaban J connectivity index is 2.24. The molecule has 0 amide bonds. The summed E-state index contributed by atoms with van der Waals surface area (Å²) >= 11 is 1.93. The molecule has 0 saturated heterocycles. The van der Waals surface area contributed by atoms with Crippen molar-refractivity contribution in [2.45, 2.75) is 18.2 Å². The van der Waals surface area contributed by atoms with Crippen molar-refractivity contribution in [3.63, 3.8) is 0 Å². The molecule has 1 aromatic rings. The first-order valence-electron chi connectivity index (χ1n) is 5.51.